The minimum absolute atomic E-state index is 0.125. The largest absolute Gasteiger partial charge is 0.395 e. The summed E-state index contributed by atoms with van der Waals surface area (Å²) >= 11 is 0. The predicted octanol–water partition coefficient (Wildman–Crippen LogP) is 2.25. The number of carbonyl (C=O) groups excluding carboxylic acids is 1. The van der Waals surface area contributed by atoms with Gasteiger partial charge in [-0.2, -0.15) is 5.10 Å². The number of hydrogen-bond acceptors (Lipinski definition) is 3. The van der Waals surface area contributed by atoms with Gasteiger partial charge in [0.15, 0.2) is 5.69 Å². The van der Waals surface area contributed by atoms with Crippen LogP contribution in [0.4, 0.5) is 15.8 Å². The lowest BCUT2D eigenvalue weighted by Crippen LogP contribution is -2.15. The van der Waals surface area contributed by atoms with Crippen molar-refractivity contribution in [1.29, 1.82) is 0 Å². The second-order valence-electron chi connectivity index (χ2n) is 4.23. The van der Waals surface area contributed by atoms with Crippen molar-refractivity contribution in [3.8, 4) is 0 Å². The SMILES string of the molecule is CCc1[nH]nc(C(=O)Nc2cc(F)ccc2C)c1N. The molecule has 1 aromatic carbocycles. The van der Waals surface area contributed by atoms with Crippen LogP contribution in [-0.4, -0.2) is 16.1 Å². The number of aromatic amines is 1. The molecule has 2 aromatic rings. The van der Waals surface area contributed by atoms with Crippen molar-refractivity contribution in [2.24, 2.45) is 0 Å². The summed E-state index contributed by atoms with van der Waals surface area (Å²) in [5.41, 5.74) is 8.14. The number of carbonyl (C=O) groups is 1. The fourth-order valence-corrected chi connectivity index (χ4v) is 1.74. The van der Waals surface area contributed by atoms with Crippen molar-refractivity contribution in [2.75, 3.05) is 11.1 Å². The van der Waals surface area contributed by atoms with Crippen molar-refractivity contribution in [3.63, 3.8) is 0 Å². The number of nitrogens with two attached hydrogens (primary N) is 1. The quantitative estimate of drug-likeness (QED) is 0.793. The van der Waals surface area contributed by atoms with Gasteiger partial charge in [0.25, 0.3) is 5.91 Å². The first-order valence-corrected chi connectivity index (χ1v) is 5.93. The monoisotopic (exact) mass is 262 g/mol. The molecule has 19 heavy (non-hydrogen) atoms. The van der Waals surface area contributed by atoms with Crippen LogP contribution in [0.1, 0.15) is 28.7 Å². The molecule has 0 aliphatic heterocycles. The number of amides is 1. The molecule has 6 heteroatoms. The third-order valence-electron chi connectivity index (χ3n) is 2.90. The van der Waals surface area contributed by atoms with Gasteiger partial charge < -0.3 is 11.1 Å². The van der Waals surface area contributed by atoms with Crippen LogP contribution < -0.4 is 11.1 Å². The molecular weight excluding hydrogens is 247 g/mol. The molecule has 5 nitrogen and oxygen atoms in total. The van der Waals surface area contributed by atoms with Gasteiger partial charge in [0.2, 0.25) is 0 Å². The first kappa shape index (κ1) is 13.1. The second-order valence-corrected chi connectivity index (χ2v) is 4.23. The summed E-state index contributed by atoms with van der Waals surface area (Å²) in [6, 6.07) is 4.19. The molecule has 0 fully saturated rings. The van der Waals surface area contributed by atoms with Gasteiger partial charge in [-0.05, 0) is 31.0 Å². The van der Waals surface area contributed by atoms with E-state index >= 15 is 0 Å². The Hall–Kier alpha value is -2.37. The number of aromatic nitrogens is 2. The molecule has 1 aromatic heterocycles. The van der Waals surface area contributed by atoms with Crippen LogP contribution in [0.5, 0.6) is 0 Å². The number of rotatable bonds is 3. The molecule has 1 heterocycles. The maximum Gasteiger partial charge on any atom is 0.278 e. The van der Waals surface area contributed by atoms with E-state index in [1.54, 1.807) is 13.0 Å². The highest BCUT2D eigenvalue weighted by atomic mass is 19.1. The summed E-state index contributed by atoms with van der Waals surface area (Å²) in [5, 5.41) is 9.19. The number of anilines is 2. The lowest BCUT2D eigenvalue weighted by molar-refractivity contribution is 0.102. The van der Waals surface area contributed by atoms with E-state index in [0.29, 0.717) is 23.5 Å². The van der Waals surface area contributed by atoms with Crippen molar-refractivity contribution in [1.82, 2.24) is 10.2 Å². The number of nitrogens with zero attached hydrogens (tertiary/aromatic N) is 1. The second kappa shape index (κ2) is 5.09. The minimum Gasteiger partial charge on any atom is -0.395 e. The highest BCUT2D eigenvalue weighted by Crippen LogP contribution is 2.19. The molecule has 1 amide bonds. The Labute approximate surface area is 110 Å². The summed E-state index contributed by atoms with van der Waals surface area (Å²) in [4.78, 5) is 12.0. The number of hydrogen-bond donors (Lipinski definition) is 3. The van der Waals surface area contributed by atoms with Gasteiger partial charge in [0.05, 0.1) is 11.4 Å². The molecule has 0 unspecified atom stereocenters. The molecule has 0 saturated heterocycles. The van der Waals surface area contributed by atoms with E-state index in [9.17, 15) is 9.18 Å². The smallest absolute Gasteiger partial charge is 0.278 e. The highest BCUT2D eigenvalue weighted by Gasteiger charge is 2.17. The third kappa shape index (κ3) is 2.57. The van der Waals surface area contributed by atoms with Crippen molar-refractivity contribution in [2.45, 2.75) is 20.3 Å². The Balaban J connectivity index is 2.25. The van der Waals surface area contributed by atoms with E-state index in [-0.39, 0.29) is 5.69 Å². The first-order valence-electron chi connectivity index (χ1n) is 5.93. The summed E-state index contributed by atoms with van der Waals surface area (Å²) < 4.78 is 13.1. The molecule has 2 rings (SSSR count). The molecular formula is C13H15FN4O. The zero-order chi connectivity index (χ0) is 14.0. The maximum absolute atomic E-state index is 13.1. The average Bonchev–Trinajstić information content (AvgIpc) is 2.75. The summed E-state index contributed by atoms with van der Waals surface area (Å²) in [5.74, 6) is -0.868. The molecule has 0 aliphatic carbocycles. The van der Waals surface area contributed by atoms with E-state index < -0.39 is 11.7 Å². The zero-order valence-corrected chi connectivity index (χ0v) is 10.7. The van der Waals surface area contributed by atoms with E-state index in [1.165, 1.54) is 12.1 Å². The molecule has 0 spiro atoms. The molecule has 0 atom stereocenters. The summed E-state index contributed by atoms with van der Waals surface area (Å²) in [6.07, 6.45) is 0.658. The Morgan fingerprint density at radius 1 is 1.53 bits per heavy atom. The van der Waals surface area contributed by atoms with Crippen LogP contribution in [0, 0.1) is 12.7 Å². The van der Waals surface area contributed by atoms with E-state index in [4.69, 9.17) is 5.73 Å². The Morgan fingerprint density at radius 2 is 2.26 bits per heavy atom. The fraction of sp³-hybridized carbons (Fsp3) is 0.231. The lowest BCUT2D eigenvalue weighted by Gasteiger charge is -2.07. The fourth-order valence-electron chi connectivity index (χ4n) is 1.74. The molecule has 0 aliphatic rings. The number of H-pyrrole nitrogens is 1. The summed E-state index contributed by atoms with van der Waals surface area (Å²) in [7, 11) is 0. The van der Waals surface area contributed by atoms with E-state index in [1.807, 2.05) is 6.92 Å². The number of aryl methyl sites for hydroxylation is 2. The minimum atomic E-state index is -0.456. The first-order chi connectivity index (χ1) is 9.02. The molecule has 0 saturated carbocycles. The number of nitrogens with one attached hydrogen (secondary N) is 2. The van der Waals surface area contributed by atoms with Crippen molar-refractivity contribution >= 4 is 17.3 Å². The van der Waals surface area contributed by atoms with Crippen LogP contribution in [-0.2, 0) is 6.42 Å². The molecule has 0 bridgehead atoms. The van der Waals surface area contributed by atoms with Gasteiger partial charge in [-0.15, -0.1) is 0 Å². The number of nitrogen functional groups attached to an aromatic ring is 1. The Bertz CT molecular complexity index is 621. The molecule has 100 valence electrons. The van der Waals surface area contributed by atoms with Gasteiger partial charge >= 0.3 is 0 Å². The predicted molar refractivity (Wildman–Crippen MR) is 71.5 cm³/mol. The van der Waals surface area contributed by atoms with E-state index in [0.717, 1.165) is 5.56 Å². The standard InChI is InChI=1S/C13H15FN4O/c1-3-9-11(15)12(18-17-9)13(19)16-10-6-8(14)5-4-7(10)2/h4-6H,3,15H2,1-2H3,(H,16,19)(H,17,18). The zero-order valence-electron chi connectivity index (χ0n) is 10.7. The Kier molecular flexibility index (Phi) is 3.50. The number of halogens is 1. The molecule has 4 N–H and O–H groups in total. The lowest BCUT2D eigenvalue weighted by atomic mass is 10.2. The van der Waals surface area contributed by atoms with Crippen LogP contribution in [0.15, 0.2) is 18.2 Å². The maximum atomic E-state index is 13.1. The van der Waals surface area contributed by atoms with Crippen molar-refractivity contribution < 1.29 is 9.18 Å². The average molecular weight is 262 g/mol. The normalized spacial score (nSPS) is 10.5. The van der Waals surface area contributed by atoms with E-state index in [2.05, 4.69) is 15.5 Å². The van der Waals surface area contributed by atoms with Gasteiger partial charge in [-0.25, -0.2) is 4.39 Å². The highest BCUT2D eigenvalue weighted by molar-refractivity contribution is 6.06. The van der Waals surface area contributed by atoms with Gasteiger partial charge in [-0.3, -0.25) is 9.89 Å². The topological polar surface area (TPSA) is 83.8 Å². The van der Waals surface area contributed by atoms with Gasteiger partial charge in [0, 0.05) is 5.69 Å². The van der Waals surface area contributed by atoms with Crippen LogP contribution in [0.25, 0.3) is 0 Å². The molecule has 0 radical (unpaired) electrons. The van der Waals surface area contributed by atoms with Crippen molar-refractivity contribution in [3.05, 3.63) is 41.0 Å². The number of benzene rings is 1. The van der Waals surface area contributed by atoms with Crippen LogP contribution in [0.3, 0.4) is 0 Å². The Morgan fingerprint density at radius 3 is 2.89 bits per heavy atom. The third-order valence-corrected chi connectivity index (χ3v) is 2.90. The summed E-state index contributed by atoms with van der Waals surface area (Å²) in [6.45, 7) is 3.68. The van der Waals surface area contributed by atoms with Gasteiger partial charge in [-0.1, -0.05) is 13.0 Å². The van der Waals surface area contributed by atoms with Crippen LogP contribution >= 0.6 is 0 Å². The van der Waals surface area contributed by atoms with Crippen LogP contribution in [0.2, 0.25) is 0 Å². The van der Waals surface area contributed by atoms with Gasteiger partial charge in [0.1, 0.15) is 5.82 Å².